The lowest BCUT2D eigenvalue weighted by atomic mass is 9.84. The number of hydrogen-bond donors (Lipinski definition) is 0. The Kier molecular flexibility index (Phi) is 5.89. The lowest BCUT2D eigenvalue weighted by Crippen LogP contribution is -2.13. The standard InChI is InChI=1S/C23H28BrNOSi/c1-15-7-8-16-11-17(13-21(24)22(16)25-15)20-10-9-19(23(2,3)4)12-18(20)14-26-27(5)6/h7-13,27H,14H2,1-6H3. The lowest BCUT2D eigenvalue weighted by molar-refractivity contribution is 0.315. The average Bonchev–Trinajstić information content (AvgIpc) is 2.59. The molecular weight excluding hydrogens is 414 g/mol. The Balaban J connectivity index is 2.14. The number of fused-ring (bicyclic) bond motifs is 1. The van der Waals surface area contributed by atoms with Crippen LogP contribution in [0.1, 0.15) is 37.6 Å². The number of rotatable bonds is 4. The van der Waals surface area contributed by atoms with E-state index in [4.69, 9.17) is 4.43 Å². The van der Waals surface area contributed by atoms with Crippen LogP contribution in [0.15, 0.2) is 46.9 Å². The maximum atomic E-state index is 6.11. The van der Waals surface area contributed by atoms with Crippen molar-refractivity contribution in [3.63, 3.8) is 0 Å². The van der Waals surface area contributed by atoms with Crippen molar-refractivity contribution in [1.29, 1.82) is 0 Å². The monoisotopic (exact) mass is 441 g/mol. The molecule has 3 rings (SSSR count). The number of aryl methyl sites for hydroxylation is 1. The first-order valence-electron chi connectivity index (χ1n) is 9.47. The van der Waals surface area contributed by atoms with E-state index < -0.39 is 9.04 Å². The molecule has 3 aromatic rings. The molecule has 142 valence electrons. The van der Waals surface area contributed by atoms with Gasteiger partial charge in [0.2, 0.25) is 0 Å². The summed E-state index contributed by atoms with van der Waals surface area (Å²) in [4.78, 5) is 4.67. The van der Waals surface area contributed by atoms with Gasteiger partial charge in [-0.05, 0) is 81.8 Å². The first-order chi connectivity index (χ1) is 12.6. The highest BCUT2D eigenvalue weighted by molar-refractivity contribution is 9.10. The highest BCUT2D eigenvalue weighted by atomic mass is 79.9. The minimum absolute atomic E-state index is 0.119. The number of aromatic nitrogens is 1. The molecule has 0 saturated carbocycles. The Morgan fingerprint density at radius 1 is 1.04 bits per heavy atom. The van der Waals surface area contributed by atoms with E-state index in [-0.39, 0.29) is 5.41 Å². The molecule has 0 spiro atoms. The second kappa shape index (κ2) is 7.86. The van der Waals surface area contributed by atoms with Crippen molar-refractivity contribution >= 4 is 35.9 Å². The normalized spacial score (nSPS) is 12.1. The highest BCUT2D eigenvalue weighted by Gasteiger charge is 2.17. The van der Waals surface area contributed by atoms with Gasteiger partial charge in [0.05, 0.1) is 12.1 Å². The minimum atomic E-state index is -1.09. The molecule has 2 aromatic carbocycles. The van der Waals surface area contributed by atoms with E-state index in [1.807, 2.05) is 6.92 Å². The molecule has 0 aliphatic carbocycles. The first kappa shape index (κ1) is 20.2. The molecule has 0 bridgehead atoms. The van der Waals surface area contributed by atoms with E-state index in [1.54, 1.807) is 0 Å². The summed E-state index contributed by atoms with van der Waals surface area (Å²) in [6.07, 6.45) is 0. The van der Waals surface area contributed by atoms with Crippen molar-refractivity contribution in [3.8, 4) is 11.1 Å². The van der Waals surface area contributed by atoms with Crippen molar-refractivity contribution in [2.45, 2.75) is 52.8 Å². The topological polar surface area (TPSA) is 22.1 Å². The Bertz CT molecular complexity index is 976. The van der Waals surface area contributed by atoms with E-state index >= 15 is 0 Å². The Labute approximate surface area is 172 Å². The number of benzene rings is 2. The number of pyridine rings is 1. The SMILES string of the molecule is Cc1ccc2cc(-c3ccc(C(C)(C)C)cc3CO[SiH](C)C)cc(Br)c2n1. The molecule has 0 aliphatic heterocycles. The van der Waals surface area contributed by atoms with Gasteiger partial charge in [-0.15, -0.1) is 0 Å². The number of halogens is 1. The van der Waals surface area contributed by atoms with Crippen LogP contribution < -0.4 is 0 Å². The van der Waals surface area contributed by atoms with E-state index in [9.17, 15) is 0 Å². The van der Waals surface area contributed by atoms with Gasteiger partial charge in [0.15, 0.2) is 9.04 Å². The van der Waals surface area contributed by atoms with Crippen LogP contribution in [0.5, 0.6) is 0 Å². The van der Waals surface area contributed by atoms with Gasteiger partial charge in [-0.25, -0.2) is 0 Å². The summed E-state index contributed by atoms with van der Waals surface area (Å²) in [5.74, 6) is 0. The molecule has 0 amide bonds. The molecule has 1 aromatic heterocycles. The molecule has 1 heterocycles. The Hall–Kier alpha value is -1.49. The van der Waals surface area contributed by atoms with Crippen molar-refractivity contribution in [3.05, 3.63) is 63.8 Å². The van der Waals surface area contributed by atoms with Crippen LogP contribution in [0.4, 0.5) is 0 Å². The summed E-state index contributed by atoms with van der Waals surface area (Å²) in [5.41, 5.74) is 7.19. The maximum absolute atomic E-state index is 6.11. The van der Waals surface area contributed by atoms with Crippen LogP contribution in [0.2, 0.25) is 13.1 Å². The Morgan fingerprint density at radius 2 is 1.78 bits per heavy atom. The van der Waals surface area contributed by atoms with Crippen LogP contribution in [0.3, 0.4) is 0 Å². The van der Waals surface area contributed by atoms with Gasteiger partial charge in [-0.3, -0.25) is 4.98 Å². The molecule has 27 heavy (non-hydrogen) atoms. The highest BCUT2D eigenvalue weighted by Crippen LogP contribution is 2.34. The second-order valence-electron chi connectivity index (χ2n) is 8.46. The molecule has 4 heteroatoms. The van der Waals surface area contributed by atoms with Crippen molar-refractivity contribution < 1.29 is 4.43 Å². The smallest absolute Gasteiger partial charge is 0.171 e. The van der Waals surface area contributed by atoms with Crippen LogP contribution in [-0.4, -0.2) is 14.0 Å². The third-order valence-corrected chi connectivity index (χ3v) is 6.18. The van der Waals surface area contributed by atoms with Crippen molar-refractivity contribution in [2.75, 3.05) is 0 Å². The fourth-order valence-electron chi connectivity index (χ4n) is 3.16. The molecule has 0 saturated heterocycles. The fraction of sp³-hybridized carbons (Fsp3) is 0.348. The predicted molar refractivity (Wildman–Crippen MR) is 122 cm³/mol. The minimum Gasteiger partial charge on any atom is -0.416 e. The molecule has 0 radical (unpaired) electrons. The maximum Gasteiger partial charge on any atom is 0.171 e. The van der Waals surface area contributed by atoms with E-state index in [2.05, 4.69) is 97.2 Å². The fourth-order valence-corrected chi connectivity index (χ4v) is 4.24. The van der Waals surface area contributed by atoms with E-state index in [0.717, 1.165) is 21.1 Å². The van der Waals surface area contributed by atoms with Crippen LogP contribution in [0.25, 0.3) is 22.0 Å². The van der Waals surface area contributed by atoms with E-state index in [1.165, 1.54) is 22.3 Å². The molecule has 0 fully saturated rings. The van der Waals surface area contributed by atoms with Gasteiger partial charge in [-0.1, -0.05) is 45.0 Å². The van der Waals surface area contributed by atoms with E-state index in [0.29, 0.717) is 6.61 Å². The summed E-state index contributed by atoms with van der Waals surface area (Å²) in [6.45, 7) is 13.9. The summed E-state index contributed by atoms with van der Waals surface area (Å²) in [6, 6.07) is 15.4. The number of hydrogen-bond acceptors (Lipinski definition) is 2. The average molecular weight is 442 g/mol. The van der Waals surface area contributed by atoms with Gasteiger partial charge >= 0.3 is 0 Å². The van der Waals surface area contributed by atoms with Crippen molar-refractivity contribution in [1.82, 2.24) is 4.98 Å². The van der Waals surface area contributed by atoms with Crippen LogP contribution in [0, 0.1) is 6.92 Å². The summed E-state index contributed by atoms with van der Waals surface area (Å²) >= 11 is 3.73. The Morgan fingerprint density at radius 3 is 2.44 bits per heavy atom. The van der Waals surface area contributed by atoms with Gasteiger partial charge in [0.25, 0.3) is 0 Å². The second-order valence-corrected chi connectivity index (χ2v) is 11.7. The summed E-state index contributed by atoms with van der Waals surface area (Å²) < 4.78 is 7.14. The lowest BCUT2D eigenvalue weighted by Gasteiger charge is -2.22. The third-order valence-electron chi connectivity index (χ3n) is 4.74. The van der Waals surface area contributed by atoms with Crippen LogP contribution >= 0.6 is 15.9 Å². The molecule has 0 atom stereocenters. The van der Waals surface area contributed by atoms with Gasteiger partial charge < -0.3 is 4.43 Å². The zero-order chi connectivity index (χ0) is 19.8. The summed E-state index contributed by atoms with van der Waals surface area (Å²) in [7, 11) is -1.09. The first-order valence-corrected chi connectivity index (χ1v) is 13.0. The molecule has 2 nitrogen and oxygen atoms in total. The van der Waals surface area contributed by atoms with Gasteiger partial charge in [0, 0.05) is 15.6 Å². The van der Waals surface area contributed by atoms with Gasteiger partial charge in [-0.2, -0.15) is 0 Å². The molecule has 0 N–H and O–H groups in total. The quantitative estimate of drug-likeness (QED) is 0.416. The number of nitrogens with zero attached hydrogens (tertiary/aromatic N) is 1. The largest absolute Gasteiger partial charge is 0.416 e. The predicted octanol–water partition coefficient (Wildman–Crippen LogP) is 6.77. The zero-order valence-electron chi connectivity index (χ0n) is 17.1. The molecule has 0 aliphatic rings. The van der Waals surface area contributed by atoms with Crippen molar-refractivity contribution in [2.24, 2.45) is 0 Å². The third kappa shape index (κ3) is 4.68. The molecule has 0 unspecified atom stereocenters. The van der Waals surface area contributed by atoms with Crippen LogP contribution in [-0.2, 0) is 16.4 Å². The summed E-state index contributed by atoms with van der Waals surface area (Å²) in [5, 5.41) is 1.15. The molecular formula is C23H28BrNOSi. The zero-order valence-corrected chi connectivity index (χ0v) is 19.8. The van der Waals surface area contributed by atoms with Gasteiger partial charge in [0.1, 0.15) is 0 Å².